The van der Waals surface area contributed by atoms with E-state index in [1.165, 1.54) is 12.8 Å². The molecule has 0 saturated carbocycles. The van der Waals surface area contributed by atoms with Crippen LogP contribution in [0.15, 0.2) is 0 Å². The van der Waals surface area contributed by atoms with Crippen molar-refractivity contribution in [1.82, 2.24) is 4.90 Å². The van der Waals surface area contributed by atoms with E-state index in [-0.39, 0.29) is 0 Å². The second kappa shape index (κ2) is 7.12. The minimum atomic E-state index is 0.295. The predicted molar refractivity (Wildman–Crippen MR) is 64.2 cm³/mol. The first-order valence-corrected chi connectivity index (χ1v) is 6.77. The molecule has 1 saturated heterocycles. The van der Waals surface area contributed by atoms with Crippen molar-refractivity contribution in [3.8, 4) is 0 Å². The molecule has 0 unspecified atom stereocenters. The Kier molecular flexibility index (Phi) is 6.10. The smallest absolute Gasteiger partial charge is 0.232 e. The average molecular weight is 231 g/mol. The average Bonchev–Trinajstić information content (AvgIpc) is 2.25. The van der Waals surface area contributed by atoms with Crippen molar-refractivity contribution in [3.63, 3.8) is 0 Å². The topological polar surface area (TPSA) is 29.5 Å². The van der Waals surface area contributed by atoms with Crippen LogP contribution in [0, 0.1) is 0 Å². The van der Waals surface area contributed by atoms with Gasteiger partial charge in [-0.2, -0.15) is 0 Å². The van der Waals surface area contributed by atoms with Gasteiger partial charge in [0.05, 0.1) is 12.4 Å². The van der Waals surface area contributed by atoms with Gasteiger partial charge in [0.1, 0.15) is 0 Å². The monoisotopic (exact) mass is 231 g/mol. The number of hydrogen-bond acceptors (Lipinski definition) is 3. The minimum absolute atomic E-state index is 0.295. The molecule has 0 spiro atoms. The fourth-order valence-electron chi connectivity index (χ4n) is 1.85. The van der Waals surface area contributed by atoms with Crippen LogP contribution in [-0.2, 0) is 9.53 Å². The number of rotatable bonds is 5. The van der Waals surface area contributed by atoms with E-state index in [1.807, 2.05) is 4.90 Å². The zero-order valence-corrected chi connectivity index (χ0v) is 10.5. The Morgan fingerprint density at radius 3 is 3.00 bits per heavy atom. The summed E-state index contributed by atoms with van der Waals surface area (Å²) < 4.78 is 4.94. The van der Waals surface area contributed by atoms with Gasteiger partial charge in [0.2, 0.25) is 5.91 Å². The Balaban J connectivity index is 2.20. The summed E-state index contributed by atoms with van der Waals surface area (Å²) in [5.41, 5.74) is 0. The summed E-state index contributed by atoms with van der Waals surface area (Å²) in [6.07, 6.45) is 3.59. The van der Waals surface area contributed by atoms with Crippen molar-refractivity contribution < 1.29 is 9.53 Å². The highest BCUT2D eigenvalue weighted by molar-refractivity contribution is 7.99. The first-order chi connectivity index (χ1) is 7.25. The lowest BCUT2D eigenvalue weighted by molar-refractivity contribution is -0.131. The van der Waals surface area contributed by atoms with E-state index in [0.29, 0.717) is 17.7 Å². The van der Waals surface area contributed by atoms with E-state index in [2.05, 4.69) is 6.92 Å². The van der Waals surface area contributed by atoms with Crippen LogP contribution >= 0.6 is 11.8 Å². The van der Waals surface area contributed by atoms with Gasteiger partial charge in [-0.05, 0) is 26.2 Å². The molecule has 0 N–H and O–H groups in total. The van der Waals surface area contributed by atoms with Gasteiger partial charge in [0.25, 0.3) is 0 Å². The number of carbonyl (C=O) groups excluding carboxylic acids is 1. The normalized spacial score (nSPS) is 21.7. The lowest BCUT2D eigenvalue weighted by Crippen LogP contribution is -2.43. The highest BCUT2D eigenvalue weighted by Gasteiger charge is 2.22. The maximum absolute atomic E-state index is 11.8. The largest absolute Gasteiger partial charge is 0.384 e. The Hall–Kier alpha value is -0.220. The van der Waals surface area contributed by atoms with Gasteiger partial charge < -0.3 is 9.64 Å². The standard InChI is InChI=1S/C11H21NO2S/c1-10-5-3-4-6-12(10)11(13)9-15-8-7-14-2/h10H,3-9H2,1-2H3/t10-/m0/s1. The van der Waals surface area contributed by atoms with E-state index in [1.54, 1.807) is 18.9 Å². The Labute approximate surface area is 96.5 Å². The van der Waals surface area contributed by atoms with Gasteiger partial charge in [-0.1, -0.05) is 0 Å². The van der Waals surface area contributed by atoms with Crippen LogP contribution in [0.1, 0.15) is 26.2 Å². The molecule has 1 atom stereocenters. The van der Waals surface area contributed by atoms with Crippen LogP contribution in [0.25, 0.3) is 0 Å². The fourth-order valence-corrected chi connectivity index (χ4v) is 2.62. The van der Waals surface area contributed by atoms with Gasteiger partial charge in [0, 0.05) is 25.4 Å². The molecule has 1 fully saturated rings. The van der Waals surface area contributed by atoms with Crippen LogP contribution in [-0.4, -0.2) is 48.6 Å². The molecule has 1 aliphatic heterocycles. The molecule has 1 heterocycles. The molecule has 1 amide bonds. The number of methoxy groups -OCH3 is 1. The summed E-state index contributed by atoms with van der Waals surface area (Å²) in [5, 5.41) is 0. The molecule has 1 rings (SSSR count). The number of amides is 1. The SMILES string of the molecule is COCCSCC(=O)N1CCCC[C@@H]1C. The number of nitrogens with zero attached hydrogens (tertiary/aromatic N) is 1. The summed E-state index contributed by atoms with van der Waals surface area (Å²) in [7, 11) is 1.69. The van der Waals surface area contributed by atoms with Crippen molar-refractivity contribution in [2.24, 2.45) is 0 Å². The quantitative estimate of drug-likeness (QED) is 0.675. The Morgan fingerprint density at radius 1 is 1.53 bits per heavy atom. The van der Waals surface area contributed by atoms with Crippen molar-refractivity contribution in [1.29, 1.82) is 0 Å². The number of piperidine rings is 1. The number of carbonyl (C=O) groups is 1. The molecule has 0 aliphatic carbocycles. The van der Waals surface area contributed by atoms with Crippen LogP contribution in [0.4, 0.5) is 0 Å². The van der Waals surface area contributed by atoms with Crippen molar-refractivity contribution >= 4 is 17.7 Å². The summed E-state index contributed by atoms with van der Waals surface area (Å²) >= 11 is 1.67. The van der Waals surface area contributed by atoms with Gasteiger partial charge in [-0.3, -0.25) is 4.79 Å². The van der Waals surface area contributed by atoms with Crippen LogP contribution in [0.2, 0.25) is 0 Å². The lowest BCUT2D eigenvalue weighted by atomic mass is 10.0. The Morgan fingerprint density at radius 2 is 2.33 bits per heavy atom. The molecule has 15 heavy (non-hydrogen) atoms. The lowest BCUT2D eigenvalue weighted by Gasteiger charge is -2.33. The Bertz CT molecular complexity index is 199. The summed E-state index contributed by atoms with van der Waals surface area (Å²) in [6.45, 7) is 3.83. The maximum atomic E-state index is 11.8. The van der Waals surface area contributed by atoms with Crippen LogP contribution in [0.5, 0.6) is 0 Å². The summed E-state index contributed by atoms with van der Waals surface area (Å²) in [5.74, 6) is 1.81. The first-order valence-electron chi connectivity index (χ1n) is 5.62. The van der Waals surface area contributed by atoms with E-state index in [9.17, 15) is 4.79 Å². The molecule has 1 aliphatic rings. The summed E-state index contributed by atoms with van der Waals surface area (Å²) in [6, 6.07) is 0.439. The fraction of sp³-hybridized carbons (Fsp3) is 0.909. The predicted octanol–water partition coefficient (Wildman–Crippen LogP) is 1.77. The van der Waals surface area contributed by atoms with Crippen molar-refractivity contribution in [2.45, 2.75) is 32.2 Å². The second-order valence-corrected chi connectivity index (χ2v) is 5.08. The molecule has 0 radical (unpaired) electrons. The van der Waals surface area contributed by atoms with Gasteiger partial charge in [-0.25, -0.2) is 0 Å². The molecule has 0 aromatic heterocycles. The van der Waals surface area contributed by atoms with Gasteiger partial charge in [-0.15, -0.1) is 11.8 Å². The summed E-state index contributed by atoms with van der Waals surface area (Å²) in [4.78, 5) is 13.9. The molecule has 0 aromatic rings. The molecule has 4 heteroatoms. The third-order valence-corrected chi connectivity index (χ3v) is 3.69. The van der Waals surface area contributed by atoms with Crippen molar-refractivity contribution in [2.75, 3.05) is 31.8 Å². The van der Waals surface area contributed by atoms with E-state index in [4.69, 9.17) is 4.74 Å². The van der Waals surface area contributed by atoms with E-state index in [0.717, 1.165) is 25.3 Å². The van der Waals surface area contributed by atoms with E-state index >= 15 is 0 Å². The third-order valence-electron chi connectivity index (χ3n) is 2.78. The zero-order chi connectivity index (χ0) is 11.1. The molecule has 3 nitrogen and oxygen atoms in total. The highest BCUT2D eigenvalue weighted by atomic mass is 32.2. The maximum Gasteiger partial charge on any atom is 0.232 e. The molecule has 88 valence electrons. The minimum Gasteiger partial charge on any atom is -0.384 e. The molecular weight excluding hydrogens is 210 g/mol. The van der Waals surface area contributed by atoms with Crippen LogP contribution < -0.4 is 0 Å². The first kappa shape index (κ1) is 12.8. The number of hydrogen-bond donors (Lipinski definition) is 0. The molecule has 0 aromatic carbocycles. The molecular formula is C11H21NO2S. The van der Waals surface area contributed by atoms with Crippen LogP contribution in [0.3, 0.4) is 0 Å². The van der Waals surface area contributed by atoms with E-state index < -0.39 is 0 Å². The van der Waals surface area contributed by atoms with Gasteiger partial charge >= 0.3 is 0 Å². The zero-order valence-electron chi connectivity index (χ0n) is 9.70. The number of thioether (sulfide) groups is 1. The number of ether oxygens (including phenoxy) is 1. The second-order valence-electron chi connectivity index (χ2n) is 3.98. The molecule has 0 bridgehead atoms. The third kappa shape index (κ3) is 4.43. The highest BCUT2D eigenvalue weighted by Crippen LogP contribution is 2.17. The van der Waals surface area contributed by atoms with Gasteiger partial charge in [0.15, 0.2) is 0 Å². The van der Waals surface area contributed by atoms with Crippen molar-refractivity contribution in [3.05, 3.63) is 0 Å². The number of likely N-dealkylation sites (tertiary alicyclic amines) is 1.